The monoisotopic (exact) mass is 323 g/mol. The molecule has 2 heterocycles. The number of ether oxygens (including phenoxy) is 2. The van der Waals surface area contributed by atoms with Crippen LogP contribution >= 0.6 is 0 Å². The molecule has 124 valence electrons. The van der Waals surface area contributed by atoms with Crippen molar-refractivity contribution < 1.29 is 9.47 Å². The van der Waals surface area contributed by atoms with Gasteiger partial charge in [0.25, 0.3) is 0 Å². The quantitative estimate of drug-likeness (QED) is 0.768. The molecular formula is C19H21N3O2. The lowest BCUT2D eigenvalue weighted by Gasteiger charge is -2.23. The predicted molar refractivity (Wildman–Crippen MR) is 94.8 cm³/mol. The molecule has 1 aliphatic rings. The Morgan fingerprint density at radius 2 is 1.96 bits per heavy atom. The van der Waals surface area contributed by atoms with Gasteiger partial charge in [0, 0.05) is 23.4 Å². The summed E-state index contributed by atoms with van der Waals surface area (Å²) in [6.07, 6.45) is 5.31. The molecule has 1 aliphatic heterocycles. The maximum Gasteiger partial charge on any atom is 0.150 e. The highest BCUT2D eigenvalue weighted by molar-refractivity contribution is 5.83. The molecule has 0 amide bonds. The first-order valence-corrected chi connectivity index (χ1v) is 8.33. The second-order valence-electron chi connectivity index (χ2n) is 6.04. The molecule has 4 rings (SSSR count). The van der Waals surface area contributed by atoms with E-state index in [1.165, 1.54) is 6.42 Å². The molecule has 3 aromatic rings. The molecule has 1 saturated heterocycles. The van der Waals surface area contributed by atoms with E-state index in [0.717, 1.165) is 47.5 Å². The minimum absolute atomic E-state index is 0.0486. The van der Waals surface area contributed by atoms with E-state index >= 15 is 0 Å². The number of aromatic nitrogens is 2. The van der Waals surface area contributed by atoms with Gasteiger partial charge in [-0.2, -0.15) is 5.10 Å². The fourth-order valence-electron chi connectivity index (χ4n) is 3.10. The summed E-state index contributed by atoms with van der Waals surface area (Å²) in [4.78, 5) is 0. The third-order valence-corrected chi connectivity index (χ3v) is 4.41. The van der Waals surface area contributed by atoms with E-state index in [1.54, 1.807) is 7.11 Å². The van der Waals surface area contributed by atoms with Crippen molar-refractivity contribution in [1.82, 2.24) is 9.78 Å². The molecule has 0 aliphatic carbocycles. The van der Waals surface area contributed by atoms with Crippen LogP contribution in [-0.4, -0.2) is 23.5 Å². The minimum Gasteiger partial charge on any atom is -0.497 e. The van der Waals surface area contributed by atoms with Crippen LogP contribution in [0.15, 0.2) is 48.7 Å². The Morgan fingerprint density at radius 3 is 2.71 bits per heavy atom. The zero-order valence-corrected chi connectivity index (χ0v) is 13.7. The predicted octanol–water partition coefficient (Wildman–Crippen LogP) is 4.49. The van der Waals surface area contributed by atoms with E-state index in [9.17, 15) is 0 Å². The first-order valence-electron chi connectivity index (χ1n) is 8.33. The zero-order valence-electron chi connectivity index (χ0n) is 13.7. The van der Waals surface area contributed by atoms with E-state index in [2.05, 4.69) is 28.6 Å². The van der Waals surface area contributed by atoms with Gasteiger partial charge in [-0.3, -0.25) is 0 Å². The van der Waals surface area contributed by atoms with Gasteiger partial charge >= 0.3 is 0 Å². The first kappa shape index (κ1) is 15.0. The van der Waals surface area contributed by atoms with Crippen molar-refractivity contribution in [2.75, 3.05) is 19.0 Å². The number of rotatable bonds is 4. The first-order chi connectivity index (χ1) is 11.8. The molecule has 1 N–H and O–H groups in total. The number of methoxy groups -OCH3 is 1. The lowest BCUT2D eigenvalue weighted by atomic mass is 10.2. The van der Waals surface area contributed by atoms with Crippen LogP contribution in [0.3, 0.4) is 0 Å². The summed E-state index contributed by atoms with van der Waals surface area (Å²) in [6.45, 7) is 0.815. The largest absolute Gasteiger partial charge is 0.497 e. The SMILES string of the molecule is COc1ccc(Nc2ccc3cnn(C4CCCCO4)c3c2)cc1. The van der Waals surface area contributed by atoms with Gasteiger partial charge in [-0.1, -0.05) is 0 Å². The average molecular weight is 323 g/mol. The van der Waals surface area contributed by atoms with Crippen LogP contribution in [0.25, 0.3) is 10.9 Å². The fraction of sp³-hybridized carbons (Fsp3) is 0.316. The van der Waals surface area contributed by atoms with Gasteiger partial charge in [-0.15, -0.1) is 0 Å². The molecule has 1 fully saturated rings. The molecule has 0 spiro atoms. The van der Waals surface area contributed by atoms with Crippen molar-refractivity contribution in [3.05, 3.63) is 48.7 Å². The molecule has 5 heteroatoms. The summed E-state index contributed by atoms with van der Waals surface area (Å²) in [7, 11) is 1.67. The summed E-state index contributed by atoms with van der Waals surface area (Å²) in [5.74, 6) is 0.850. The van der Waals surface area contributed by atoms with Crippen molar-refractivity contribution >= 4 is 22.3 Å². The Morgan fingerprint density at radius 1 is 1.12 bits per heavy atom. The van der Waals surface area contributed by atoms with Crippen molar-refractivity contribution in [3.8, 4) is 5.75 Å². The van der Waals surface area contributed by atoms with E-state index in [0.29, 0.717) is 0 Å². The van der Waals surface area contributed by atoms with Crippen LogP contribution in [0.1, 0.15) is 25.5 Å². The Hall–Kier alpha value is -2.53. The maximum atomic E-state index is 5.88. The van der Waals surface area contributed by atoms with Gasteiger partial charge in [-0.05, 0) is 61.7 Å². The van der Waals surface area contributed by atoms with Crippen molar-refractivity contribution in [2.45, 2.75) is 25.5 Å². The van der Waals surface area contributed by atoms with Gasteiger partial charge in [0.05, 0.1) is 18.8 Å². The smallest absolute Gasteiger partial charge is 0.150 e. The molecule has 5 nitrogen and oxygen atoms in total. The summed E-state index contributed by atoms with van der Waals surface area (Å²) in [6, 6.07) is 14.2. The second-order valence-corrected chi connectivity index (χ2v) is 6.04. The van der Waals surface area contributed by atoms with Crippen LogP contribution in [0.5, 0.6) is 5.75 Å². The summed E-state index contributed by atoms with van der Waals surface area (Å²) in [5.41, 5.74) is 3.15. The number of nitrogens with one attached hydrogen (secondary N) is 1. The van der Waals surface area contributed by atoms with E-state index in [4.69, 9.17) is 9.47 Å². The third-order valence-electron chi connectivity index (χ3n) is 4.41. The third kappa shape index (κ3) is 2.95. The van der Waals surface area contributed by atoms with Crippen LogP contribution in [0, 0.1) is 0 Å². The van der Waals surface area contributed by atoms with Crippen LogP contribution in [-0.2, 0) is 4.74 Å². The number of anilines is 2. The molecule has 1 aromatic heterocycles. The van der Waals surface area contributed by atoms with Crippen molar-refractivity contribution in [3.63, 3.8) is 0 Å². The number of benzene rings is 2. The molecule has 0 saturated carbocycles. The lowest BCUT2D eigenvalue weighted by molar-refractivity contribution is -0.0366. The van der Waals surface area contributed by atoms with Crippen molar-refractivity contribution in [2.24, 2.45) is 0 Å². The zero-order chi connectivity index (χ0) is 16.4. The van der Waals surface area contributed by atoms with Gasteiger partial charge in [0.2, 0.25) is 0 Å². The molecule has 24 heavy (non-hydrogen) atoms. The molecule has 2 aromatic carbocycles. The van der Waals surface area contributed by atoms with Crippen LogP contribution in [0.2, 0.25) is 0 Å². The highest BCUT2D eigenvalue weighted by Gasteiger charge is 2.18. The van der Waals surface area contributed by atoms with E-state index in [1.807, 2.05) is 35.1 Å². The summed E-state index contributed by atoms with van der Waals surface area (Å²) >= 11 is 0. The number of fused-ring (bicyclic) bond motifs is 1. The fourth-order valence-corrected chi connectivity index (χ4v) is 3.10. The number of hydrogen-bond acceptors (Lipinski definition) is 4. The molecule has 1 unspecified atom stereocenters. The minimum atomic E-state index is 0.0486. The van der Waals surface area contributed by atoms with Gasteiger partial charge in [0.1, 0.15) is 5.75 Å². The standard InChI is InChI=1S/C19H21N3O2/c1-23-17-9-7-15(8-10-17)21-16-6-5-14-13-20-22(18(14)12-16)19-4-2-3-11-24-19/h5-10,12-13,19,21H,2-4,11H2,1H3. The topological polar surface area (TPSA) is 48.3 Å². The maximum absolute atomic E-state index is 5.88. The Balaban J connectivity index is 1.61. The highest BCUT2D eigenvalue weighted by Crippen LogP contribution is 2.29. The molecule has 0 bridgehead atoms. The van der Waals surface area contributed by atoms with E-state index < -0.39 is 0 Å². The molecule has 1 atom stereocenters. The Bertz CT molecular complexity index is 820. The van der Waals surface area contributed by atoms with Gasteiger partial charge in [0.15, 0.2) is 6.23 Å². The normalized spacial score (nSPS) is 17.8. The van der Waals surface area contributed by atoms with Crippen LogP contribution < -0.4 is 10.1 Å². The number of nitrogens with zero attached hydrogens (tertiary/aromatic N) is 2. The molecular weight excluding hydrogens is 302 g/mol. The summed E-state index contributed by atoms with van der Waals surface area (Å²) in [5, 5.41) is 9.10. The van der Waals surface area contributed by atoms with Gasteiger partial charge < -0.3 is 14.8 Å². The molecule has 0 radical (unpaired) electrons. The average Bonchev–Trinajstić information content (AvgIpc) is 3.06. The highest BCUT2D eigenvalue weighted by atomic mass is 16.5. The lowest BCUT2D eigenvalue weighted by Crippen LogP contribution is -2.18. The number of hydrogen-bond donors (Lipinski definition) is 1. The van der Waals surface area contributed by atoms with Crippen LogP contribution in [0.4, 0.5) is 11.4 Å². The van der Waals surface area contributed by atoms with Crippen molar-refractivity contribution in [1.29, 1.82) is 0 Å². The van der Waals surface area contributed by atoms with E-state index in [-0.39, 0.29) is 6.23 Å². The summed E-state index contributed by atoms with van der Waals surface area (Å²) < 4.78 is 13.1. The van der Waals surface area contributed by atoms with Gasteiger partial charge in [-0.25, -0.2) is 4.68 Å². The second kappa shape index (κ2) is 6.53. The Labute approximate surface area is 141 Å². The Kier molecular flexibility index (Phi) is 4.09.